The van der Waals surface area contributed by atoms with Crippen LogP contribution in [0.1, 0.15) is 50.5 Å². The van der Waals surface area contributed by atoms with Gasteiger partial charge in [-0.1, -0.05) is 31.4 Å². The standard InChI is InChI=1S/C16H25NO2.C2H6O3S/c1-17(2)12-15(13-6-8-14(18)9-7-13)16(19)10-4-3-5-11-16;1-2-6(3,4)5/h6-9,15,18-19H,3-5,10-12H2,1-2H3;2H2,1H3,(H,3,4,5). The lowest BCUT2D eigenvalue weighted by atomic mass is 9.72. The number of benzene rings is 1. The maximum Gasteiger partial charge on any atom is 0.264 e. The third kappa shape index (κ3) is 7.73. The molecule has 0 radical (unpaired) electrons. The minimum Gasteiger partial charge on any atom is -0.508 e. The van der Waals surface area contributed by atoms with Crippen molar-refractivity contribution in [3.63, 3.8) is 0 Å². The van der Waals surface area contributed by atoms with Gasteiger partial charge in [0.2, 0.25) is 0 Å². The lowest BCUT2D eigenvalue weighted by Gasteiger charge is -2.40. The number of likely N-dealkylation sites (N-methyl/N-ethyl adjacent to an activating group) is 1. The Morgan fingerprint density at radius 3 is 2.00 bits per heavy atom. The van der Waals surface area contributed by atoms with Gasteiger partial charge >= 0.3 is 0 Å². The lowest BCUT2D eigenvalue weighted by Crippen LogP contribution is -2.42. The summed E-state index contributed by atoms with van der Waals surface area (Å²) in [4.78, 5) is 2.13. The zero-order valence-corrected chi connectivity index (χ0v) is 16.2. The Kier molecular flexibility index (Phi) is 8.34. The van der Waals surface area contributed by atoms with Gasteiger partial charge in [-0.25, -0.2) is 0 Å². The number of phenolic OH excluding ortho intramolecular Hbond substituents is 1. The molecule has 6 nitrogen and oxygen atoms in total. The minimum atomic E-state index is -3.66. The number of rotatable bonds is 5. The Balaban J connectivity index is 0.000000450. The van der Waals surface area contributed by atoms with Gasteiger partial charge in [0.15, 0.2) is 0 Å². The van der Waals surface area contributed by atoms with E-state index >= 15 is 0 Å². The highest BCUT2D eigenvalue weighted by molar-refractivity contribution is 7.85. The molecule has 0 aromatic heterocycles. The van der Waals surface area contributed by atoms with Crippen LogP contribution in [0.5, 0.6) is 5.75 Å². The van der Waals surface area contributed by atoms with E-state index in [1.165, 1.54) is 13.3 Å². The van der Waals surface area contributed by atoms with E-state index in [9.17, 15) is 18.6 Å². The van der Waals surface area contributed by atoms with Crippen LogP contribution in [0, 0.1) is 0 Å². The average molecular weight is 374 g/mol. The van der Waals surface area contributed by atoms with Gasteiger partial charge in [-0.05, 0) is 51.6 Å². The maximum atomic E-state index is 11.0. The molecule has 1 aromatic carbocycles. The molecule has 3 N–H and O–H groups in total. The molecule has 1 unspecified atom stereocenters. The van der Waals surface area contributed by atoms with E-state index in [4.69, 9.17) is 4.55 Å². The van der Waals surface area contributed by atoms with Crippen LogP contribution in [0.15, 0.2) is 24.3 Å². The largest absolute Gasteiger partial charge is 0.508 e. The molecule has 1 aliphatic carbocycles. The predicted octanol–water partition coefficient (Wildman–Crippen LogP) is 2.63. The molecule has 0 spiro atoms. The van der Waals surface area contributed by atoms with Crippen molar-refractivity contribution < 1.29 is 23.2 Å². The van der Waals surface area contributed by atoms with Crippen LogP contribution in [-0.4, -0.2) is 60.1 Å². The van der Waals surface area contributed by atoms with Crippen LogP contribution < -0.4 is 0 Å². The topological polar surface area (TPSA) is 98.1 Å². The van der Waals surface area contributed by atoms with Gasteiger partial charge in [0.05, 0.1) is 11.4 Å². The second kappa shape index (κ2) is 9.52. The molecule has 2 rings (SSSR count). The number of aliphatic hydroxyl groups is 1. The first-order chi connectivity index (χ1) is 11.6. The molecule has 1 aromatic rings. The zero-order chi connectivity index (χ0) is 19.1. The van der Waals surface area contributed by atoms with Crippen LogP contribution in [0.3, 0.4) is 0 Å². The second-order valence-corrected chi connectivity index (χ2v) is 8.68. The van der Waals surface area contributed by atoms with Crippen molar-refractivity contribution in [2.24, 2.45) is 0 Å². The Labute approximate surface area is 151 Å². The summed E-state index contributed by atoms with van der Waals surface area (Å²) in [5.74, 6) is 0.193. The third-order valence-electron chi connectivity index (χ3n) is 4.58. The summed E-state index contributed by atoms with van der Waals surface area (Å²) < 4.78 is 26.9. The number of aromatic hydroxyl groups is 1. The number of hydrogen-bond donors (Lipinski definition) is 3. The highest BCUT2D eigenvalue weighted by atomic mass is 32.2. The van der Waals surface area contributed by atoms with Crippen LogP contribution in [0.4, 0.5) is 0 Å². The van der Waals surface area contributed by atoms with Crippen molar-refractivity contribution in [3.05, 3.63) is 29.8 Å². The van der Waals surface area contributed by atoms with Gasteiger partial charge in [-0.15, -0.1) is 0 Å². The summed E-state index contributed by atoms with van der Waals surface area (Å²) in [6.07, 6.45) is 5.21. The fourth-order valence-electron chi connectivity index (χ4n) is 3.17. The van der Waals surface area contributed by atoms with Crippen LogP contribution in [0.25, 0.3) is 0 Å². The molecule has 7 heteroatoms. The molecule has 144 valence electrons. The molecule has 0 amide bonds. The van der Waals surface area contributed by atoms with Crippen molar-refractivity contribution in [3.8, 4) is 5.75 Å². The van der Waals surface area contributed by atoms with E-state index < -0.39 is 15.7 Å². The summed E-state index contributed by atoms with van der Waals surface area (Å²) in [6.45, 7) is 2.20. The maximum absolute atomic E-state index is 11.0. The highest BCUT2D eigenvalue weighted by Gasteiger charge is 2.38. The SMILES string of the molecule is CCS(=O)(=O)O.CN(C)CC(c1ccc(O)cc1)C1(O)CCCCC1. The first kappa shape index (κ1) is 21.9. The smallest absolute Gasteiger partial charge is 0.264 e. The van der Waals surface area contributed by atoms with Crippen LogP contribution >= 0.6 is 0 Å². The van der Waals surface area contributed by atoms with Crippen molar-refractivity contribution in [1.29, 1.82) is 0 Å². The van der Waals surface area contributed by atoms with E-state index in [1.54, 1.807) is 12.1 Å². The van der Waals surface area contributed by atoms with Gasteiger partial charge in [-0.2, -0.15) is 8.42 Å². The normalized spacial score (nSPS) is 18.3. The second-order valence-electron chi connectivity index (χ2n) is 6.94. The first-order valence-corrected chi connectivity index (χ1v) is 10.3. The number of nitrogens with zero attached hydrogens (tertiary/aromatic N) is 1. The highest BCUT2D eigenvalue weighted by Crippen LogP contribution is 2.40. The van der Waals surface area contributed by atoms with Gasteiger partial charge in [-0.3, -0.25) is 4.55 Å². The molecule has 25 heavy (non-hydrogen) atoms. The number of phenols is 1. The molecule has 0 heterocycles. The van der Waals surface area contributed by atoms with Crippen molar-refractivity contribution in [2.45, 2.75) is 50.5 Å². The summed E-state index contributed by atoms with van der Waals surface area (Å²) >= 11 is 0. The molecule has 1 saturated carbocycles. The summed E-state index contributed by atoms with van der Waals surface area (Å²) in [7, 11) is 0.420. The fourth-order valence-corrected chi connectivity index (χ4v) is 3.17. The Bertz CT molecular complexity index is 607. The average Bonchev–Trinajstić information content (AvgIpc) is 2.54. The Morgan fingerprint density at radius 2 is 1.60 bits per heavy atom. The Morgan fingerprint density at radius 1 is 1.12 bits per heavy atom. The fraction of sp³-hybridized carbons (Fsp3) is 0.667. The molecule has 1 atom stereocenters. The van der Waals surface area contributed by atoms with Gasteiger partial charge in [0.25, 0.3) is 10.1 Å². The monoisotopic (exact) mass is 373 g/mol. The van der Waals surface area contributed by atoms with Crippen LogP contribution in [-0.2, 0) is 10.1 Å². The predicted molar refractivity (Wildman–Crippen MR) is 99.5 cm³/mol. The zero-order valence-electron chi connectivity index (χ0n) is 15.4. The van der Waals surface area contributed by atoms with Crippen molar-refractivity contribution in [1.82, 2.24) is 4.90 Å². The van der Waals surface area contributed by atoms with E-state index in [1.807, 2.05) is 26.2 Å². The molecule has 1 aliphatic rings. The number of hydrogen-bond acceptors (Lipinski definition) is 5. The van der Waals surface area contributed by atoms with Crippen molar-refractivity contribution >= 4 is 10.1 Å². The van der Waals surface area contributed by atoms with Crippen molar-refractivity contribution in [2.75, 3.05) is 26.4 Å². The molecule has 0 aliphatic heterocycles. The summed E-state index contributed by atoms with van der Waals surface area (Å²) in [6, 6.07) is 7.31. The molecule has 0 saturated heterocycles. The lowest BCUT2D eigenvalue weighted by molar-refractivity contribution is -0.0277. The molecular weight excluding hydrogens is 342 g/mol. The first-order valence-electron chi connectivity index (χ1n) is 8.68. The minimum absolute atomic E-state index is 0.114. The summed E-state index contributed by atoms with van der Waals surface area (Å²) in [5, 5.41) is 20.4. The van der Waals surface area contributed by atoms with E-state index in [2.05, 4.69) is 4.90 Å². The summed E-state index contributed by atoms with van der Waals surface area (Å²) in [5.41, 5.74) is 0.523. The van der Waals surface area contributed by atoms with E-state index in [-0.39, 0.29) is 17.4 Å². The molecule has 1 fully saturated rings. The molecular formula is C18H31NO5S. The van der Waals surface area contributed by atoms with E-state index in [0.717, 1.165) is 37.8 Å². The van der Waals surface area contributed by atoms with Gasteiger partial charge in [0, 0.05) is 12.5 Å². The van der Waals surface area contributed by atoms with Gasteiger partial charge in [0.1, 0.15) is 5.75 Å². The quantitative estimate of drug-likeness (QED) is 0.687. The Hall–Kier alpha value is -1.15. The van der Waals surface area contributed by atoms with Gasteiger partial charge < -0.3 is 15.1 Å². The van der Waals surface area contributed by atoms with Crippen LogP contribution in [0.2, 0.25) is 0 Å². The molecule has 0 bridgehead atoms. The van der Waals surface area contributed by atoms with E-state index in [0.29, 0.717) is 0 Å². The third-order valence-corrected chi connectivity index (χ3v) is 5.31.